The van der Waals surface area contributed by atoms with E-state index in [1.54, 1.807) is 14.2 Å². The summed E-state index contributed by atoms with van der Waals surface area (Å²) in [6.07, 6.45) is 1.48. The molecule has 1 aromatic carbocycles. The Hall–Kier alpha value is -2.61. The van der Waals surface area contributed by atoms with Gasteiger partial charge in [0.1, 0.15) is 5.75 Å². The van der Waals surface area contributed by atoms with Crippen LogP contribution < -0.4 is 15.4 Å². The van der Waals surface area contributed by atoms with Crippen molar-refractivity contribution in [1.29, 1.82) is 0 Å². The van der Waals surface area contributed by atoms with E-state index in [1.165, 1.54) is 0 Å². The predicted molar refractivity (Wildman–Crippen MR) is 106 cm³/mol. The first-order valence-electron chi connectivity index (χ1n) is 9.14. The second kappa shape index (κ2) is 11.2. The summed E-state index contributed by atoms with van der Waals surface area (Å²) < 4.78 is 16.0. The van der Waals surface area contributed by atoms with E-state index in [9.17, 15) is 0 Å². The first-order chi connectivity index (χ1) is 13.1. The van der Waals surface area contributed by atoms with Gasteiger partial charge in [0.25, 0.3) is 0 Å². The monoisotopic (exact) mass is 375 g/mol. The number of benzene rings is 1. The molecule has 1 heterocycles. The van der Waals surface area contributed by atoms with Gasteiger partial charge in [0.2, 0.25) is 5.89 Å². The van der Waals surface area contributed by atoms with Gasteiger partial charge in [-0.05, 0) is 12.1 Å². The van der Waals surface area contributed by atoms with Gasteiger partial charge in [0, 0.05) is 57.8 Å². The normalized spacial score (nSPS) is 11.7. The number of methoxy groups -OCH3 is 1. The summed E-state index contributed by atoms with van der Waals surface area (Å²) in [6.45, 7) is 6.01. The van der Waals surface area contributed by atoms with E-state index in [4.69, 9.17) is 14.0 Å². The Morgan fingerprint density at radius 2 is 2.15 bits per heavy atom. The number of ether oxygens (including phenoxy) is 2. The average Bonchev–Trinajstić information content (AvgIpc) is 3.14. The molecule has 1 aromatic heterocycles. The highest BCUT2D eigenvalue weighted by Gasteiger charge is 2.09. The maximum Gasteiger partial charge on any atom is 0.228 e. The zero-order valence-electron chi connectivity index (χ0n) is 16.5. The fourth-order valence-corrected chi connectivity index (χ4v) is 2.26. The number of hydrogen-bond donors (Lipinski definition) is 2. The van der Waals surface area contributed by atoms with Crippen LogP contribution >= 0.6 is 0 Å². The highest BCUT2D eigenvalue weighted by atomic mass is 16.5. The van der Waals surface area contributed by atoms with Crippen molar-refractivity contribution in [3.05, 3.63) is 36.0 Å². The third-order valence-corrected chi connectivity index (χ3v) is 3.71. The number of aromatic nitrogens is 2. The molecule has 0 fully saturated rings. The average molecular weight is 375 g/mol. The Morgan fingerprint density at radius 1 is 1.30 bits per heavy atom. The molecule has 0 spiro atoms. The van der Waals surface area contributed by atoms with Crippen LogP contribution in [0.4, 0.5) is 5.69 Å². The van der Waals surface area contributed by atoms with E-state index in [-0.39, 0.29) is 5.92 Å². The first kappa shape index (κ1) is 20.7. The third kappa shape index (κ3) is 7.26. The second-order valence-electron chi connectivity index (χ2n) is 6.30. The Morgan fingerprint density at radius 3 is 2.85 bits per heavy atom. The molecule has 0 aliphatic heterocycles. The first-order valence-corrected chi connectivity index (χ1v) is 9.14. The van der Waals surface area contributed by atoms with E-state index in [0.717, 1.165) is 23.7 Å². The molecular weight excluding hydrogens is 346 g/mol. The lowest BCUT2D eigenvalue weighted by Crippen LogP contribution is -2.32. The summed E-state index contributed by atoms with van der Waals surface area (Å²) in [7, 11) is 3.41. The molecular formula is C19H29N5O3. The van der Waals surface area contributed by atoms with Gasteiger partial charge in [-0.2, -0.15) is 4.98 Å². The van der Waals surface area contributed by atoms with Crippen LogP contribution in [0.15, 0.2) is 33.8 Å². The van der Waals surface area contributed by atoms with Crippen LogP contribution in [0, 0.1) is 0 Å². The van der Waals surface area contributed by atoms with Crippen molar-refractivity contribution in [2.24, 2.45) is 4.99 Å². The molecule has 2 aromatic rings. The summed E-state index contributed by atoms with van der Waals surface area (Å²) in [5.41, 5.74) is 0.896. The summed E-state index contributed by atoms with van der Waals surface area (Å²) >= 11 is 0. The number of aliphatic imine (C=N–C) groups is 1. The number of nitrogens with one attached hydrogen (secondary N) is 2. The molecule has 27 heavy (non-hydrogen) atoms. The molecule has 0 saturated carbocycles. The number of nitrogens with zero attached hydrogens (tertiary/aromatic N) is 3. The van der Waals surface area contributed by atoms with Gasteiger partial charge in [-0.3, -0.25) is 4.99 Å². The van der Waals surface area contributed by atoms with E-state index in [0.29, 0.717) is 38.0 Å². The van der Waals surface area contributed by atoms with E-state index >= 15 is 0 Å². The van der Waals surface area contributed by atoms with Gasteiger partial charge in [0.05, 0.1) is 6.61 Å². The Labute approximate surface area is 160 Å². The Bertz CT molecular complexity index is 715. The topological polar surface area (TPSA) is 93.8 Å². The molecule has 0 unspecified atom stereocenters. The molecule has 0 aliphatic rings. The highest BCUT2D eigenvalue weighted by molar-refractivity contribution is 5.93. The minimum absolute atomic E-state index is 0.258. The molecule has 148 valence electrons. The number of hydrogen-bond acceptors (Lipinski definition) is 6. The SMILES string of the molecule is CN=C(NCCc1nc(C(C)C)no1)Nc1cccc(OCCCOC)c1. The number of rotatable bonds is 10. The molecule has 0 bridgehead atoms. The largest absolute Gasteiger partial charge is 0.493 e. The Kier molecular flexibility index (Phi) is 8.57. The lowest BCUT2D eigenvalue weighted by Gasteiger charge is -2.12. The molecule has 2 N–H and O–H groups in total. The fraction of sp³-hybridized carbons (Fsp3) is 0.526. The molecule has 0 atom stereocenters. The summed E-state index contributed by atoms with van der Waals surface area (Å²) in [5, 5.41) is 10.5. The van der Waals surface area contributed by atoms with Crippen LogP contribution in [-0.2, 0) is 11.2 Å². The van der Waals surface area contributed by atoms with Crippen molar-refractivity contribution in [3.63, 3.8) is 0 Å². The smallest absolute Gasteiger partial charge is 0.228 e. The van der Waals surface area contributed by atoms with Crippen LogP contribution in [0.5, 0.6) is 5.75 Å². The van der Waals surface area contributed by atoms with Crippen LogP contribution in [0.3, 0.4) is 0 Å². The lowest BCUT2D eigenvalue weighted by atomic mass is 10.2. The minimum Gasteiger partial charge on any atom is -0.493 e. The quantitative estimate of drug-likeness (QED) is 0.375. The summed E-state index contributed by atoms with van der Waals surface area (Å²) in [4.78, 5) is 8.60. The van der Waals surface area contributed by atoms with Crippen molar-refractivity contribution in [1.82, 2.24) is 15.5 Å². The van der Waals surface area contributed by atoms with Crippen LogP contribution in [0.2, 0.25) is 0 Å². The van der Waals surface area contributed by atoms with Crippen LogP contribution in [0.25, 0.3) is 0 Å². The summed E-state index contributed by atoms with van der Waals surface area (Å²) in [5.74, 6) is 3.07. The molecule has 0 aliphatic carbocycles. The lowest BCUT2D eigenvalue weighted by molar-refractivity contribution is 0.172. The van der Waals surface area contributed by atoms with Gasteiger partial charge in [-0.1, -0.05) is 25.1 Å². The van der Waals surface area contributed by atoms with Gasteiger partial charge < -0.3 is 24.6 Å². The van der Waals surface area contributed by atoms with Crippen molar-refractivity contribution in [3.8, 4) is 5.75 Å². The van der Waals surface area contributed by atoms with E-state index < -0.39 is 0 Å². The molecule has 2 rings (SSSR count). The predicted octanol–water partition coefficient (Wildman–Crippen LogP) is 2.84. The maximum atomic E-state index is 5.72. The number of anilines is 1. The second-order valence-corrected chi connectivity index (χ2v) is 6.30. The van der Waals surface area contributed by atoms with Crippen LogP contribution in [0.1, 0.15) is 37.9 Å². The third-order valence-electron chi connectivity index (χ3n) is 3.71. The van der Waals surface area contributed by atoms with Crippen molar-refractivity contribution >= 4 is 11.6 Å². The number of guanidine groups is 1. The minimum atomic E-state index is 0.258. The molecule has 0 amide bonds. The highest BCUT2D eigenvalue weighted by Crippen LogP contribution is 2.17. The van der Waals surface area contributed by atoms with E-state index in [1.807, 2.05) is 38.1 Å². The van der Waals surface area contributed by atoms with Gasteiger partial charge in [0.15, 0.2) is 11.8 Å². The maximum absolute atomic E-state index is 5.72. The van der Waals surface area contributed by atoms with Gasteiger partial charge >= 0.3 is 0 Å². The molecule has 0 radical (unpaired) electrons. The Balaban J connectivity index is 1.80. The molecule has 8 nitrogen and oxygen atoms in total. The zero-order valence-corrected chi connectivity index (χ0v) is 16.5. The van der Waals surface area contributed by atoms with Crippen LogP contribution in [-0.4, -0.2) is 50.0 Å². The fourth-order valence-electron chi connectivity index (χ4n) is 2.26. The zero-order chi connectivity index (χ0) is 19.5. The molecule has 8 heteroatoms. The van der Waals surface area contributed by atoms with Gasteiger partial charge in [-0.25, -0.2) is 0 Å². The van der Waals surface area contributed by atoms with Crippen molar-refractivity contribution in [2.45, 2.75) is 32.6 Å². The standard InChI is InChI=1S/C19H29N5O3/c1-14(2)18-23-17(27-24-18)9-10-21-19(20-3)22-15-7-5-8-16(13-15)26-12-6-11-25-4/h5,7-8,13-14H,6,9-12H2,1-4H3,(H2,20,21,22). The summed E-state index contributed by atoms with van der Waals surface area (Å²) in [6, 6.07) is 7.76. The molecule has 0 saturated heterocycles. The van der Waals surface area contributed by atoms with E-state index in [2.05, 4.69) is 25.8 Å². The van der Waals surface area contributed by atoms with Gasteiger partial charge in [-0.15, -0.1) is 0 Å². The van der Waals surface area contributed by atoms with Crippen molar-refractivity contribution in [2.75, 3.05) is 39.2 Å². The van der Waals surface area contributed by atoms with Crippen molar-refractivity contribution < 1.29 is 14.0 Å².